The van der Waals surface area contributed by atoms with Gasteiger partial charge in [0.15, 0.2) is 0 Å². The van der Waals surface area contributed by atoms with Gasteiger partial charge in [-0.3, -0.25) is 4.79 Å². The monoisotopic (exact) mass is 253 g/mol. The highest BCUT2D eigenvalue weighted by Gasteiger charge is 2.19. The Kier molecular flexibility index (Phi) is 7.02. The molecule has 1 amide bonds. The van der Waals surface area contributed by atoms with Crippen molar-refractivity contribution in [2.24, 2.45) is 11.8 Å². The van der Waals surface area contributed by atoms with Gasteiger partial charge in [-0.2, -0.15) is 0 Å². The summed E-state index contributed by atoms with van der Waals surface area (Å²) in [6.07, 6.45) is 10.1. The number of aliphatic hydroxyl groups excluding tert-OH is 1. The van der Waals surface area contributed by atoms with Crippen molar-refractivity contribution >= 4 is 5.91 Å². The highest BCUT2D eigenvalue weighted by atomic mass is 16.3. The quantitative estimate of drug-likeness (QED) is 0.516. The van der Waals surface area contributed by atoms with Gasteiger partial charge in [0.05, 0.1) is 0 Å². The minimum absolute atomic E-state index is 0.130. The van der Waals surface area contributed by atoms with E-state index in [-0.39, 0.29) is 24.5 Å². The minimum atomic E-state index is 0.130. The third-order valence-electron chi connectivity index (χ3n) is 3.44. The van der Waals surface area contributed by atoms with Crippen molar-refractivity contribution in [3.63, 3.8) is 0 Å². The van der Waals surface area contributed by atoms with Crippen LogP contribution in [0, 0.1) is 11.8 Å². The fraction of sp³-hybridized carbons (Fsp3) is 0.800. The average molecular weight is 253 g/mol. The Labute approximate surface area is 111 Å². The van der Waals surface area contributed by atoms with Gasteiger partial charge in [0, 0.05) is 25.0 Å². The highest BCUT2D eigenvalue weighted by Crippen LogP contribution is 2.17. The predicted molar refractivity (Wildman–Crippen MR) is 74.2 cm³/mol. The molecule has 1 rings (SSSR count). The van der Waals surface area contributed by atoms with Gasteiger partial charge in [0.1, 0.15) is 0 Å². The zero-order valence-corrected chi connectivity index (χ0v) is 11.7. The summed E-state index contributed by atoms with van der Waals surface area (Å²) in [5.41, 5.74) is 0. The first kappa shape index (κ1) is 15.2. The van der Waals surface area contributed by atoms with Gasteiger partial charge in [-0.1, -0.05) is 45.3 Å². The van der Waals surface area contributed by atoms with Gasteiger partial charge < -0.3 is 10.4 Å². The van der Waals surface area contributed by atoms with E-state index in [4.69, 9.17) is 5.11 Å². The highest BCUT2D eigenvalue weighted by molar-refractivity contribution is 5.76. The molecule has 18 heavy (non-hydrogen) atoms. The van der Waals surface area contributed by atoms with E-state index in [0.29, 0.717) is 6.42 Å². The van der Waals surface area contributed by atoms with E-state index in [1.165, 1.54) is 12.8 Å². The summed E-state index contributed by atoms with van der Waals surface area (Å²) in [4.78, 5) is 11.7. The first-order valence-electron chi connectivity index (χ1n) is 7.20. The van der Waals surface area contributed by atoms with Gasteiger partial charge in [0.2, 0.25) is 5.91 Å². The standard InChI is InChI=1S/C15H27NO2/c1-12(2)6-4-3-5-7-15(18)16-14-9-8-13(10-14)11-17/h8-9,12-14,17H,3-7,10-11H2,1-2H3,(H,16,18)/t13-,14+/m0/s1. The Morgan fingerprint density at radius 3 is 2.72 bits per heavy atom. The second-order valence-electron chi connectivity index (χ2n) is 5.73. The zero-order chi connectivity index (χ0) is 13.4. The lowest BCUT2D eigenvalue weighted by Gasteiger charge is -2.12. The average Bonchev–Trinajstić information content (AvgIpc) is 2.76. The van der Waals surface area contributed by atoms with Gasteiger partial charge in [-0.15, -0.1) is 0 Å². The fourth-order valence-corrected chi connectivity index (χ4v) is 2.31. The van der Waals surface area contributed by atoms with Crippen LogP contribution < -0.4 is 5.32 Å². The van der Waals surface area contributed by atoms with Crippen LogP contribution in [0.25, 0.3) is 0 Å². The third kappa shape index (κ3) is 6.20. The van der Waals surface area contributed by atoms with Gasteiger partial charge in [-0.25, -0.2) is 0 Å². The van der Waals surface area contributed by atoms with Crippen LogP contribution in [-0.4, -0.2) is 23.7 Å². The lowest BCUT2D eigenvalue weighted by molar-refractivity contribution is -0.121. The van der Waals surface area contributed by atoms with E-state index in [1.807, 2.05) is 12.2 Å². The molecule has 0 fully saturated rings. The summed E-state index contributed by atoms with van der Waals surface area (Å²) in [6.45, 7) is 4.64. The van der Waals surface area contributed by atoms with Crippen molar-refractivity contribution in [1.82, 2.24) is 5.32 Å². The molecule has 0 unspecified atom stereocenters. The molecule has 2 atom stereocenters. The van der Waals surface area contributed by atoms with E-state index in [0.717, 1.165) is 25.2 Å². The van der Waals surface area contributed by atoms with Gasteiger partial charge >= 0.3 is 0 Å². The van der Waals surface area contributed by atoms with E-state index in [2.05, 4.69) is 19.2 Å². The molecule has 0 saturated heterocycles. The lowest BCUT2D eigenvalue weighted by atomic mass is 10.0. The summed E-state index contributed by atoms with van der Waals surface area (Å²) in [5, 5.41) is 12.0. The number of aliphatic hydroxyl groups is 1. The molecule has 0 radical (unpaired) electrons. The van der Waals surface area contributed by atoms with Crippen molar-refractivity contribution in [1.29, 1.82) is 0 Å². The van der Waals surface area contributed by atoms with Gasteiger partial charge in [0.25, 0.3) is 0 Å². The van der Waals surface area contributed by atoms with Crippen molar-refractivity contribution in [3.05, 3.63) is 12.2 Å². The van der Waals surface area contributed by atoms with Crippen molar-refractivity contribution in [2.45, 2.75) is 58.4 Å². The van der Waals surface area contributed by atoms with Crippen molar-refractivity contribution < 1.29 is 9.90 Å². The molecule has 0 aromatic carbocycles. The van der Waals surface area contributed by atoms with Crippen LogP contribution in [0.1, 0.15) is 52.4 Å². The summed E-state index contributed by atoms with van der Waals surface area (Å²) < 4.78 is 0. The Hall–Kier alpha value is -0.830. The molecule has 0 aromatic heterocycles. The first-order chi connectivity index (χ1) is 8.61. The van der Waals surface area contributed by atoms with E-state index >= 15 is 0 Å². The molecular formula is C15H27NO2. The van der Waals surface area contributed by atoms with Crippen LogP contribution in [0.4, 0.5) is 0 Å². The van der Waals surface area contributed by atoms with Crippen LogP contribution in [0.3, 0.4) is 0 Å². The number of rotatable bonds is 8. The predicted octanol–water partition coefficient (Wildman–Crippen LogP) is 2.65. The van der Waals surface area contributed by atoms with Crippen molar-refractivity contribution in [2.75, 3.05) is 6.61 Å². The Morgan fingerprint density at radius 1 is 1.33 bits per heavy atom. The van der Waals surface area contributed by atoms with E-state index in [1.54, 1.807) is 0 Å². The molecule has 0 aliphatic heterocycles. The van der Waals surface area contributed by atoms with Gasteiger partial charge in [-0.05, 0) is 18.8 Å². The minimum Gasteiger partial charge on any atom is -0.396 e. The number of carbonyl (C=O) groups is 1. The second-order valence-corrected chi connectivity index (χ2v) is 5.73. The number of carbonyl (C=O) groups excluding carboxylic acids is 1. The maximum atomic E-state index is 11.7. The summed E-state index contributed by atoms with van der Waals surface area (Å²) in [5.74, 6) is 1.13. The summed E-state index contributed by atoms with van der Waals surface area (Å²) in [6, 6.07) is 0.130. The van der Waals surface area contributed by atoms with Crippen LogP contribution in [0.5, 0.6) is 0 Å². The second kappa shape index (κ2) is 8.30. The lowest BCUT2D eigenvalue weighted by Crippen LogP contribution is -2.32. The maximum absolute atomic E-state index is 11.7. The van der Waals surface area contributed by atoms with Crippen LogP contribution >= 0.6 is 0 Å². The number of hydrogen-bond acceptors (Lipinski definition) is 2. The third-order valence-corrected chi connectivity index (χ3v) is 3.44. The molecule has 0 saturated carbocycles. The SMILES string of the molecule is CC(C)CCCCCC(=O)N[C@@H]1C=C[C@H](CO)C1. The molecule has 0 bridgehead atoms. The summed E-state index contributed by atoms with van der Waals surface area (Å²) >= 11 is 0. The molecule has 1 aliphatic carbocycles. The molecule has 0 heterocycles. The van der Waals surface area contributed by atoms with Crippen LogP contribution in [0.2, 0.25) is 0 Å². The Bertz CT molecular complexity index is 274. The molecule has 0 aromatic rings. The number of nitrogens with one attached hydrogen (secondary N) is 1. The zero-order valence-electron chi connectivity index (χ0n) is 11.7. The number of unbranched alkanes of at least 4 members (excludes halogenated alkanes) is 2. The number of hydrogen-bond donors (Lipinski definition) is 2. The van der Waals surface area contributed by atoms with Crippen molar-refractivity contribution in [3.8, 4) is 0 Å². The smallest absolute Gasteiger partial charge is 0.220 e. The van der Waals surface area contributed by atoms with E-state index in [9.17, 15) is 4.79 Å². The van der Waals surface area contributed by atoms with Crippen LogP contribution in [0.15, 0.2) is 12.2 Å². The van der Waals surface area contributed by atoms with Crippen LogP contribution in [-0.2, 0) is 4.79 Å². The molecular weight excluding hydrogens is 226 g/mol. The maximum Gasteiger partial charge on any atom is 0.220 e. The first-order valence-corrected chi connectivity index (χ1v) is 7.20. The Balaban J connectivity index is 2.03. The largest absolute Gasteiger partial charge is 0.396 e. The molecule has 3 nitrogen and oxygen atoms in total. The molecule has 1 aliphatic rings. The fourth-order valence-electron chi connectivity index (χ4n) is 2.31. The molecule has 0 spiro atoms. The topological polar surface area (TPSA) is 49.3 Å². The molecule has 2 N–H and O–H groups in total. The number of amides is 1. The molecule has 3 heteroatoms. The Morgan fingerprint density at radius 2 is 2.11 bits per heavy atom. The summed E-state index contributed by atoms with van der Waals surface area (Å²) in [7, 11) is 0. The van der Waals surface area contributed by atoms with E-state index < -0.39 is 0 Å². The molecule has 104 valence electrons. The normalized spacial score (nSPS) is 22.7.